The number of fused-ring (bicyclic) bond motifs is 2. The lowest BCUT2D eigenvalue weighted by Crippen LogP contribution is -2.70. The quantitative estimate of drug-likeness (QED) is 0.0219. The molecule has 17 nitrogen and oxygen atoms in total. The normalized spacial score (nSPS) is 21.3. The van der Waals surface area contributed by atoms with Gasteiger partial charge < -0.3 is 44.0 Å². The molecule has 3 aliphatic rings. The van der Waals surface area contributed by atoms with Crippen molar-refractivity contribution < 1.29 is 53.7 Å². The van der Waals surface area contributed by atoms with Crippen LogP contribution in [0.25, 0.3) is 0 Å². The van der Waals surface area contributed by atoms with Crippen molar-refractivity contribution in [2.75, 3.05) is 46.2 Å². The summed E-state index contributed by atoms with van der Waals surface area (Å²) >= 11 is 0. The number of allylic oxidation sites excluding steroid dienone is 1. The van der Waals surface area contributed by atoms with Crippen molar-refractivity contribution in [1.82, 2.24) is 4.90 Å². The zero-order valence-corrected chi connectivity index (χ0v) is 42.5. The van der Waals surface area contributed by atoms with E-state index in [1.807, 2.05) is 17.0 Å². The third-order valence-electron chi connectivity index (χ3n) is 14.4. The SMILES string of the molecule is C=CCOC12Oc3ccc(Oc4cccc([N+](=O)[O-])c4)cc3C3C(CCCCO)C(CCCCO)C=C(C(=NOCc4ccc([N+](=O)[O-])cc4)CC1N(CCOCCO)C(=O)CCCCCCCCCCC)C32. The summed E-state index contributed by atoms with van der Waals surface area (Å²) in [6.45, 7) is 6.55. The third kappa shape index (κ3) is 15.2. The predicted molar refractivity (Wildman–Crippen MR) is 277 cm³/mol. The standard InChI is InChI=1S/C56H76N4O13/c1-3-5-6-7-8-9-10-11-12-22-53(64)58(29-34-69-35-32-63)52-39-50(57-71-40-41-23-25-43(26-24-41)59(65)66)48-36-42(18-13-15-30-61)47(21-14-16-31-62)54-49-38-46(72-45-20-17-19-44(37-45)60(67)68)27-28-51(49)73-56(52,55(48)54)70-33-4-2/h4,17,19-20,23-28,36-38,42,47,52,54-55,61-63H,2-3,5-16,18,21-22,29-35,39-40H2,1H3. The van der Waals surface area contributed by atoms with Crippen molar-refractivity contribution in [3.8, 4) is 17.2 Å². The highest BCUT2D eigenvalue weighted by Gasteiger charge is 2.65. The molecule has 1 amide bonds. The summed E-state index contributed by atoms with van der Waals surface area (Å²) in [5, 5.41) is 57.9. The number of hydrogen-bond donors (Lipinski definition) is 3. The highest BCUT2D eigenvalue weighted by Crippen LogP contribution is 2.62. The molecule has 1 saturated carbocycles. The molecule has 3 aromatic carbocycles. The van der Waals surface area contributed by atoms with Crippen LogP contribution in [0.3, 0.4) is 0 Å². The first-order valence-electron chi connectivity index (χ1n) is 26.4. The van der Waals surface area contributed by atoms with Crippen LogP contribution < -0.4 is 9.47 Å². The molecule has 0 radical (unpaired) electrons. The Bertz CT molecular complexity index is 2310. The highest BCUT2D eigenvalue weighted by atomic mass is 16.7. The first kappa shape index (κ1) is 56.6. The summed E-state index contributed by atoms with van der Waals surface area (Å²) in [7, 11) is 0. The van der Waals surface area contributed by atoms with Crippen molar-refractivity contribution >= 4 is 23.0 Å². The summed E-state index contributed by atoms with van der Waals surface area (Å²) in [4.78, 5) is 45.3. The Labute approximate surface area is 429 Å². The van der Waals surface area contributed by atoms with E-state index in [9.17, 15) is 35.5 Å². The molecule has 1 heterocycles. The second-order valence-corrected chi connectivity index (χ2v) is 19.3. The van der Waals surface area contributed by atoms with Gasteiger partial charge in [0.2, 0.25) is 11.7 Å². The molecule has 3 N–H and O–H groups in total. The van der Waals surface area contributed by atoms with E-state index in [2.05, 4.69) is 19.6 Å². The summed E-state index contributed by atoms with van der Waals surface area (Å²) in [6.07, 6.45) is 18.2. The van der Waals surface area contributed by atoms with E-state index >= 15 is 4.79 Å². The minimum Gasteiger partial charge on any atom is -0.459 e. The Hall–Kier alpha value is -5.72. The first-order valence-corrected chi connectivity index (χ1v) is 26.4. The van der Waals surface area contributed by atoms with Crippen molar-refractivity contribution in [1.29, 1.82) is 0 Å². The van der Waals surface area contributed by atoms with E-state index in [4.69, 9.17) is 28.9 Å². The van der Waals surface area contributed by atoms with E-state index in [0.717, 1.165) is 43.2 Å². The minimum atomic E-state index is -1.53. The molecular weight excluding hydrogens is 937 g/mol. The van der Waals surface area contributed by atoms with Crippen LogP contribution in [0.2, 0.25) is 0 Å². The van der Waals surface area contributed by atoms with Crippen molar-refractivity contribution in [2.45, 2.75) is 140 Å². The Balaban J connectivity index is 1.51. The largest absolute Gasteiger partial charge is 0.459 e. The lowest BCUT2D eigenvalue weighted by atomic mass is 9.55. The molecule has 398 valence electrons. The number of nitrogens with zero attached hydrogens (tertiary/aromatic N) is 4. The Morgan fingerprint density at radius 3 is 2.22 bits per heavy atom. The molecule has 1 fully saturated rings. The number of hydrogen-bond acceptors (Lipinski definition) is 14. The topological polar surface area (TPSA) is 226 Å². The maximum Gasteiger partial charge on any atom is 0.273 e. The number of non-ortho nitro benzene ring substituents is 2. The average Bonchev–Trinajstić information content (AvgIpc) is 3.39. The summed E-state index contributed by atoms with van der Waals surface area (Å²) in [5.41, 5.74) is 2.70. The number of ether oxygens (including phenoxy) is 4. The average molecular weight is 1010 g/mol. The summed E-state index contributed by atoms with van der Waals surface area (Å²) in [6, 6.07) is 16.8. The number of oxime groups is 1. The molecule has 6 unspecified atom stereocenters. The number of nitro benzene ring substituents is 2. The van der Waals surface area contributed by atoms with Gasteiger partial charge in [0.15, 0.2) is 0 Å². The number of nitro groups is 2. The van der Waals surface area contributed by atoms with Gasteiger partial charge in [0.1, 0.15) is 29.9 Å². The zero-order chi connectivity index (χ0) is 52.0. The fourth-order valence-corrected chi connectivity index (χ4v) is 10.9. The molecular formula is C56H76N4O13. The Kier molecular flexibility index (Phi) is 22.7. The smallest absolute Gasteiger partial charge is 0.273 e. The van der Waals surface area contributed by atoms with Gasteiger partial charge in [0, 0.05) is 62.3 Å². The Morgan fingerprint density at radius 2 is 1.53 bits per heavy atom. The van der Waals surface area contributed by atoms with Crippen LogP contribution in [0, 0.1) is 38.0 Å². The second-order valence-electron chi connectivity index (χ2n) is 19.3. The molecule has 6 rings (SSSR count). The molecule has 73 heavy (non-hydrogen) atoms. The molecule has 0 aromatic heterocycles. The number of carbonyl (C=O) groups excluding carboxylic acids is 1. The van der Waals surface area contributed by atoms with Gasteiger partial charge in [-0.25, -0.2) is 0 Å². The summed E-state index contributed by atoms with van der Waals surface area (Å²) < 4.78 is 26.8. The van der Waals surface area contributed by atoms with E-state index in [-0.39, 0.29) is 106 Å². The minimum absolute atomic E-state index is 0.00326. The monoisotopic (exact) mass is 1010 g/mol. The number of aliphatic hydroxyl groups is 3. The van der Waals surface area contributed by atoms with E-state index < -0.39 is 27.6 Å². The maximum atomic E-state index is 15.1. The number of benzene rings is 3. The van der Waals surface area contributed by atoms with E-state index in [1.54, 1.807) is 36.4 Å². The van der Waals surface area contributed by atoms with Gasteiger partial charge >= 0.3 is 0 Å². The fourth-order valence-electron chi connectivity index (χ4n) is 10.9. The molecule has 2 aliphatic carbocycles. The highest BCUT2D eigenvalue weighted by molar-refractivity contribution is 6.03. The van der Waals surface area contributed by atoms with Crippen molar-refractivity contribution in [2.24, 2.45) is 22.9 Å². The molecule has 0 spiro atoms. The van der Waals surface area contributed by atoms with E-state index in [0.29, 0.717) is 54.9 Å². The Morgan fingerprint density at radius 1 is 0.836 bits per heavy atom. The number of unbranched alkanes of at least 4 members (excludes halogenated alkanes) is 10. The van der Waals surface area contributed by atoms with Gasteiger partial charge in [-0.15, -0.1) is 6.58 Å². The predicted octanol–water partition coefficient (Wildman–Crippen LogP) is 10.9. The summed E-state index contributed by atoms with van der Waals surface area (Å²) in [5.74, 6) is -1.55. The van der Waals surface area contributed by atoms with Gasteiger partial charge in [-0.1, -0.05) is 94.5 Å². The number of aliphatic hydroxyl groups excluding tert-OH is 3. The van der Waals surface area contributed by atoms with Crippen LogP contribution in [-0.2, 0) is 25.7 Å². The molecule has 1 aliphatic heterocycles. The van der Waals surface area contributed by atoms with Crippen molar-refractivity contribution in [3.63, 3.8) is 0 Å². The molecule has 0 bridgehead atoms. The van der Waals surface area contributed by atoms with E-state index in [1.165, 1.54) is 56.4 Å². The molecule has 17 heteroatoms. The van der Waals surface area contributed by atoms with Crippen LogP contribution in [0.5, 0.6) is 17.2 Å². The first-order chi connectivity index (χ1) is 35.6. The number of rotatable bonds is 34. The van der Waals surface area contributed by atoms with Crippen LogP contribution in [0.4, 0.5) is 11.4 Å². The van der Waals surface area contributed by atoms with Crippen LogP contribution in [0.15, 0.2) is 96.2 Å². The molecule has 0 saturated heterocycles. The third-order valence-corrected chi connectivity index (χ3v) is 14.4. The zero-order valence-electron chi connectivity index (χ0n) is 42.5. The van der Waals surface area contributed by atoms with Gasteiger partial charge in [-0.05, 0) is 91.5 Å². The fraction of sp³-hybridized carbons (Fsp3) is 0.571. The van der Waals surface area contributed by atoms with Gasteiger partial charge in [-0.3, -0.25) is 25.0 Å². The van der Waals surface area contributed by atoms with Crippen LogP contribution in [0.1, 0.15) is 133 Å². The van der Waals surface area contributed by atoms with Crippen molar-refractivity contribution in [3.05, 3.63) is 122 Å². The van der Waals surface area contributed by atoms with Gasteiger partial charge in [0.05, 0.1) is 54.0 Å². The van der Waals surface area contributed by atoms with Crippen LogP contribution >= 0.6 is 0 Å². The maximum absolute atomic E-state index is 15.1. The van der Waals surface area contributed by atoms with Crippen LogP contribution in [-0.4, -0.2) is 99.7 Å². The molecule has 6 atom stereocenters. The number of amides is 1. The van der Waals surface area contributed by atoms with Gasteiger partial charge in [0.25, 0.3) is 11.4 Å². The lowest BCUT2D eigenvalue weighted by molar-refractivity contribution is -0.385. The lowest BCUT2D eigenvalue weighted by Gasteiger charge is -2.60. The second kappa shape index (κ2) is 29.2. The van der Waals surface area contributed by atoms with Gasteiger partial charge in [-0.2, -0.15) is 0 Å². The number of carbonyl (C=O) groups is 1. The molecule has 3 aromatic rings.